The van der Waals surface area contributed by atoms with Crippen LogP contribution >= 0.6 is 0 Å². The maximum Gasteiger partial charge on any atom is 0.332 e. The molecule has 19 heavy (non-hydrogen) atoms. The number of aliphatic hydroxyl groups is 2. The van der Waals surface area contributed by atoms with Crippen LogP contribution in [-0.2, 0) is 13.6 Å². The summed E-state index contributed by atoms with van der Waals surface area (Å²) in [6.45, 7) is 1.83. The van der Waals surface area contributed by atoms with Crippen LogP contribution in [0.15, 0.2) is 9.59 Å². The van der Waals surface area contributed by atoms with Gasteiger partial charge in [-0.05, 0) is 6.42 Å². The first kappa shape index (κ1) is 15.3. The first-order chi connectivity index (χ1) is 8.93. The van der Waals surface area contributed by atoms with E-state index in [-0.39, 0.29) is 18.1 Å². The van der Waals surface area contributed by atoms with Crippen LogP contribution in [0.4, 0.5) is 11.5 Å². The fourth-order valence-electron chi connectivity index (χ4n) is 1.67. The molecule has 1 atom stereocenters. The predicted octanol–water partition coefficient (Wildman–Crippen LogP) is -1.70. The van der Waals surface area contributed by atoms with E-state index in [1.165, 1.54) is 11.6 Å². The molecule has 0 radical (unpaired) electrons. The second kappa shape index (κ2) is 6.39. The Bertz CT molecular complexity index is 549. The average Bonchev–Trinajstić information content (AvgIpc) is 2.41. The molecule has 0 aliphatic carbocycles. The molecule has 1 rings (SSSR count). The molecule has 0 saturated carbocycles. The summed E-state index contributed by atoms with van der Waals surface area (Å²) in [5.74, 6) is 0.0417. The standard InChI is InChI=1S/C11H20N4O4/c1-3-4-15-9(12)8(13-5-7(17)6-16)10(18)14(2)11(15)19/h7,13,16-17H,3-6,12H2,1-2H3. The monoisotopic (exact) mass is 272 g/mol. The van der Waals surface area contributed by atoms with Gasteiger partial charge >= 0.3 is 5.69 Å². The maximum atomic E-state index is 11.9. The molecule has 1 unspecified atom stereocenters. The number of hydrogen-bond acceptors (Lipinski definition) is 6. The third kappa shape index (κ3) is 3.15. The lowest BCUT2D eigenvalue weighted by Gasteiger charge is -2.16. The Balaban J connectivity index is 3.24. The molecule has 108 valence electrons. The Hall–Kier alpha value is -1.80. The Kier molecular flexibility index (Phi) is 5.13. The van der Waals surface area contributed by atoms with Crippen molar-refractivity contribution in [2.45, 2.75) is 26.0 Å². The van der Waals surface area contributed by atoms with E-state index in [9.17, 15) is 14.7 Å². The third-order valence-electron chi connectivity index (χ3n) is 2.76. The van der Waals surface area contributed by atoms with Crippen LogP contribution in [0.2, 0.25) is 0 Å². The topological polar surface area (TPSA) is 123 Å². The van der Waals surface area contributed by atoms with Crippen LogP contribution in [0.5, 0.6) is 0 Å². The number of nitrogens with zero attached hydrogens (tertiary/aromatic N) is 2. The van der Waals surface area contributed by atoms with Gasteiger partial charge in [0, 0.05) is 20.1 Å². The van der Waals surface area contributed by atoms with Gasteiger partial charge in [0.1, 0.15) is 11.5 Å². The van der Waals surface area contributed by atoms with E-state index in [1.54, 1.807) is 0 Å². The van der Waals surface area contributed by atoms with E-state index >= 15 is 0 Å². The van der Waals surface area contributed by atoms with Crippen molar-refractivity contribution in [3.05, 3.63) is 20.8 Å². The Morgan fingerprint density at radius 2 is 2.05 bits per heavy atom. The SMILES string of the molecule is CCCn1c(N)c(NCC(O)CO)c(=O)n(C)c1=O. The molecule has 0 aromatic carbocycles. The summed E-state index contributed by atoms with van der Waals surface area (Å²) in [7, 11) is 1.36. The van der Waals surface area contributed by atoms with Crippen molar-refractivity contribution in [2.75, 3.05) is 24.2 Å². The number of nitrogens with two attached hydrogens (primary N) is 1. The molecule has 5 N–H and O–H groups in total. The molecule has 8 heteroatoms. The molecule has 0 fully saturated rings. The maximum absolute atomic E-state index is 11.9. The lowest BCUT2D eigenvalue weighted by Crippen LogP contribution is -2.41. The van der Waals surface area contributed by atoms with Crippen LogP contribution in [-0.4, -0.2) is 38.6 Å². The molecular weight excluding hydrogens is 252 g/mol. The van der Waals surface area contributed by atoms with Gasteiger partial charge in [-0.15, -0.1) is 0 Å². The van der Waals surface area contributed by atoms with E-state index in [4.69, 9.17) is 10.8 Å². The van der Waals surface area contributed by atoms with Gasteiger partial charge in [-0.25, -0.2) is 4.79 Å². The van der Waals surface area contributed by atoms with Crippen molar-refractivity contribution in [3.63, 3.8) is 0 Å². The predicted molar refractivity (Wildman–Crippen MR) is 72.2 cm³/mol. The number of nitrogens with one attached hydrogen (secondary N) is 1. The molecule has 0 bridgehead atoms. The largest absolute Gasteiger partial charge is 0.394 e. The lowest BCUT2D eigenvalue weighted by molar-refractivity contribution is 0.105. The van der Waals surface area contributed by atoms with E-state index in [2.05, 4.69) is 5.32 Å². The zero-order valence-electron chi connectivity index (χ0n) is 11.1. The molecule has 0 saturated heterocycles. The molecule has 8 nitrogen and oxygen atoms in total. The fraction of sp³-hybridized carbons (Fsp3) is 0.636. The van der Waals surface area contributed by atoms with Gasteiger partial charge in [0.25, 0.3) is 5.56 Å². The zero-order valence-corrected chi connectivity index (χ0v) is 11.1. The summed E-state index contributed by atoms with van der Waals surface area (Å²) < 4.78 is 2.26. The summed E-state index contributed by atoms with van der Waals surface area (Å²) in [6, 6.07) is 0. The highest BCUT2D eigenvalue weighted by Crippen LogP contribution is 2.10. The Morgan fingerprint density at radius 3 is 2.58 bits per heavy atom. The molecule has 0 amide bonds. The van der Waals surface area contributed by atoms with Crippen molar-refractivity contribution in [1.82, 2.24) is 9.13 Å². The van der Waals surface area contributed by atoms with Gasteiger partial charge in [-0.3, -0.25) is 13.9 Å². The van der Waals surface area contributed by atoms with Crippen LogP contribution in [0, 0.1) is 0 Å². The second-order valence-electron chi connectivity index (χ2n) is 4.28. The quantitative estimate of drug-likeness (QED) is 0.490. The minimum absolute atomic E-state index is 0.0275. The molecule has 0 aliphatic rings. The van der Waals surface area contributed by atoms with Gasteiger partial charge in [0.15, 0.2) is 0 Å². The zero-order chi connectivity index (χ0) is 14.6. The molecule has 0 spiro atoms. The van der Waals surface area contributed by atoms with E-state index in [1.807, 2.05) is 6.92 Å². The van der Waals surface area contributed by atoms with Crippen LogP contribution < -0.4 is 22.3 Å². The second-order valence-corrected chi connectivity index (χ2v) is 4.28. The highest BCUT2D eigenvalue weighted by Gasteiger charge is 2.15. The minimum atomic E-state index is -1.00. The first-order valence-corrected chi connectivity index (χ1v) is 6.06. The van der Waals surface area contributed by atoms with Gasteiger partial charge in [-0.2, -0.15) is 0 Å². The van der Waals surface area contributed by atoms with Gasteiger partial charge in [0.2, 0.25) is 0 Å². The van der Waals surface area contributed by atoms with Crippen molar-refractivity contribution in [2.24, 2.45) is 7.05 Å². The highest BCUT2D eigenvalue weighted by atomic mass is 16.3. The Morgan fingerprint density at radius 1 is 1.42 bits per heavy atom. The van der Waals surface area contributed by atoms with Crippen molar-refractivity contribution < 1.29 is 10.2 Å². The summed E-state index contributed by atoms with van der Waals surface area (Å²) >= 11 is 0. The summed E-state index contributed by atoms with van der Waals surface area (Å²) in [5, 5.41) is 20.7. The van der Waals surface area contributed by atoms with Crippen LogP contribution in [0.1, 0.15) is 13.3 Å². The summed E-state index contributed by atoms with van der Waals surface area (Å²) in [6.07, 6.45) is -0.309. The van der Waals surface area contributed by atoms with E-state index < -0.39 is 24.0 Å². The first-order valence-electron chi connectivity index (χ1n) is 6.06. The molecule has 1 heterocycles. The fourth-order valence-corrected chi connectivity index (χ4v) is 1.67. The minimum Gasteiger partial charge on any atom is -0.394 e. The smallest absolute Gasteiger partial charge is 0.332 e. The van der Waals surface area contributed by atoms with Crippen molar-refractivity contribution >= 4 is 11.5 Å². The lowest BCUT2D eigenvalue weighted by atomic mass is 10.3. The van der Waals surface area contributed by atoms with Crippen molar-refractivity contribution in [1.29, 1.82) is 0 Å². The average molecular weight is 272 g/mol. The number of aliphatic hydroxyl groups excluding tert-OH is 2. The summed E-state index contributed by atoms with van der Waals surface area (Å²) in [5.41, 5.74) is 4.84. The van der Waals surface area contributed by atoms with E-state index in [0.717, 1.165) is 4.57 Å². The molecule has 1 aromatic heterocycles. The number of nitrogen functional groups attached to an aromatic ring is 1. The van der Waals surface area contributed by atoms with Gasteiger partial charge < -0.3 is 21.3 Å². The highest BCUT2D eigenvalue weighted by molar-refractivity contribution is 5.60. The summed E-state index contributed by atoms with van der Waals surface area (Å²) in [4.78, 5) is 23.8. The van der Waals surface area contributed by atoms with Gasteiger partial charge in [0.05, 0.1) is 12.7 Å². The van der Waals surface area contributed by atoms with Crippen molar-refractivity contribution in [3.8, 4) is 0 Å². The molecular formula is C11H20N4O4. The number of aromatic nitrogens is 2. The van der Waals surface area contributed by atoms with Gasteiger partial charge in [-0.1, -0.05) is 6.92 Å². The van der Waals surface area contributed by atoms with Crippen LogP contribution in [0.25, 0.3) is 0 Å². The number of hydrogen-bond donors (Lipinski definition) is 4. The normalized spacial score (nSPS) is 12.4. The number of anilines is 2. The van der Waals surface area contributed by atoms with E-state index in [0.29, 0.717) is 13.0 Å². The molecule has 1 aromatic rings. The van der Waals surface area contributed by atoms with Crippen LogP contribution in [0.3, 0.4) is 0 Å². The Labute approximate surface area is 110 Å². The number of rotatable bonds is 6. The third-order valence-corrected chi connectivity index (χ3v) is 2.76. The molecule has 0 aliphatic heterocycles.